The molecule has 1 heterocycles. The molecule has 1 N–H and O–H groups in total. The molecule has 3 aromatic carbocycles. The molecule has 9 heteroatoms. The quantitative estimate of drug-likeness (QED) is 0.433. The summed E-state index contributed by atoms with van der Waals surface area (Å²) in [6.07, 6.45) is 1.38. The Morgan fingerprint density at radius 1 is 0.969 bits per heavy atom. The lowest BCUT2D eigenvalue weighted by atomic mass is 10.2. The van der Waals surface area contributed by atoms with Gasteiger partial charge in [-0.05, 0) is 36.4 Å². The number of aromatic nitrogens is 1. The van der Waals surface area contributed by atoms with Crippen molar-refractivity contribution in [2.24, 2.45) is 0 Å². The van der Waals surface area contributed by atoms with Crippen LogP contribution in [0.15, 0.2) is 83.9 Å². The summed E-state index contributed by atoms with van der Waals surface area (Å²) >= 11 is 6.16. The van der Waals surface area contributed by atoms with Gasteiger partial charge in [-0.1, -0.05) is 48.0 Å². The molecule has 0 atom stereocenters. The number of benzene rings is 3. The first kappa shape index (κ1) is 21.6. The minimum Gasteiger partial charge on any atom is -0.465 e. The smallest absolute Gasteiger partial charge is 0.340 e. The van der Waals surface area contributed by atoms with Gasteiger partial charge in [-0.25, -0.2) is 13.2 Å². The van der Waals surface area contributed by atoms with E-state index in [1.165, 1.54) is 36.1 Å². The van der Waals surface area contributed by atoms with Gasteiger partial charge >= 0.3 is 5.97 Å². The second-order valence-corrected chi connectivity index (χ2v) is 8.90. The Bertz CT molecular complexity index is 1450. The number of nitrogens with zero attached hydrogens (tertiary/aromatic N) is 1. The molecule has 0 saturated carbocycles. The number of para-hydroxylation sites is 2. The van der Waals surface area contributed by atoms with Crippen molar-refractivity contribution in [3.8, 4) is 0 Å². The standard InChI is InChI=1S/C23H17ClN2O5S/c1-31-23(28)18-14-26(20-10-6-5-9-17(18)20)22(27)15-11-12-19(24)21(13-15)32(29,30)25-16-7-3-2-4-8-16/h2-14,25H,1H3. The molecule has 0 aliphatic rings. The van der Waals surface area contributed by atoms with E-state index in [9.17, 15) is 18.0 Å². The van der Waals surface area contributed by atoms with E-state index in [0.29, 0.717) is 16.6 Å². The summed E-state index contributed by atoms with van der Waals surface area (Å²) in [5.41, 5.74) is 1.16. The fraction of sp³-hybridized carbons (Fsp3) is 0.0435. The van der Waals surface area contributed by atoms with E-state index in [0.717, 1.165) is 0 Å². The molecule has 0 saturated heterocycles. The van der Waals surface area contributed by atoms with Crippen molar-refractivity contribution in [2.75, 3.05) is 11.8 Å². The summed E-state index contributed by atoms with van der Waals surface area (Å²) in [6, 6.07) is 19.2. The number of rotatable bonds is 5. The number of hydrogen-bond acceptors (Lipinski definition) is 5. The first-order chi connectivity index (χ1) is 15.3. The van der Waals surface area contributed by atoms with Crippen molar-refractivity contribution in [1.29, 1.82) is 0 Å². The molecule has 7 nitrogen and oxygen atoms in total. The highest BCUT2D eigenvalue weighted by Crippen LogP contribution is 2.27. The van der Waals surface area contributed by atoms with E-state index in [1.807, 2.05) is 0 Å². The lowest BCUT2D eigenvalue weighted by Crippen LogP contribution is -2.16. The fourth-order valence-corrected chi connectivity index (χ4v) is 4.90. The zero-order valence-corrected chi connectivity index (χ0v) is 18.4. The normalized spacial score (nSPS) is 11.3. The molecule has 0 aliphatic heterocycles. The number of sulfonamides is 1. The molecule has 0 bridgehead atoms. The van der Waals surface area contributed by atoms with Gasteiger partial charge in [0.25, 0.3) is 15.9 Å². The third kappa shape index (κ3) is 3.98. The average molecular weight is 469 g/mol. The molecule has 0 spiro atoms. The van der Waals surface area contributed by atoms with Crippen LogP contribution in [0.25, 0.3) is 10.9 Å². The van der Waals surface area contributed by atoms with Crippen molar-refractivity contribution in [3.63, 3.8) is 0 Å². The maximum Gasteiger partial charge on any atom is 0.340 e. The minimum atomic E-state index is -4.05. The highest BCUT2D eigenvalue weighted by atomic mass is 35.5. The molecule has 162 valence electrons. The predicted octanol–water partition coefficient (Wildman–Crippen LogP) is 4.57. The van der Waals surface area contributed by atoms with E-state index >= 15 is 0 Å². The van der Waals surface area contributed by atoms with Gasteiger partial charge in [0.15, 0.2) is 0 Å². The van der Waals surface area contributed by atoms with Gasteiger partial charge in [-0.15, -0.1) is 0 Å². The summed E-state index contributed by atoms with van der Waals surface area (Å²) in [5, 5.41) is 0.512. The van der Waals surface area contributed by atoms with Gasteiger partial charge in [0.05, 0.1) is 23.2 Å². The van der Waals surface area contributed by atoms with Crippen LogP contribution in [0.3, 0.4) is 0 Å². The lowest BCUT2D eigenvalue weighted by molar-refractivity contribution is 0.0603. The maximum absolute atomic E-state index is 13.3. The van der Waals surface area contributed by atoms with E-state index in [1.54, 1.807) is 54.6 Å². The Hall–Kier alpha value is -3.62. The molecular weight excluding hydrogens is 452 g/mol. The van der Waals surface area contributed by atoms with Crippen LogP contribution in [0.4, 0.5) is 5.69 Å². The first-order valence-electron chi connectivity index (χ1n) is 9.42. The highest BCUT2D eigenvalue weighted by Gasteiger charge is 2.23. The summed E-state index contributed by atoms with van der Waals surface area (Å²) in [5.74, 6) is -1.11. The molecule has 0 aliphatic carbocycles. The maximum atomic E-state index is 13.3. The van der Waals surface area contributed by atoms with E-state index < -0.39 is 21.9 Å². The Morgan fingerprint density at radius 3 is 2.38 bits per heavy atom. The van der Waals surface area contributed by atoms with Crippen molar-refractivity contribution in [2.45, 2.75) is 4.90 Å². The van der Waals surface area contributed by atoms with Crippen LogP contribution < -0.4 is 4.72 Å². The van der Waals surface area contributed by atoms with Crippen LogP contribution in [-0.4, -0.2) is 32.0 Å². The molecule has 4 aromatic rings. The second-order valence-electron chi connectivity index (χ2n) is 6.84. The average Bonchev–Trinajstić information content (AvgIpc) is 3.18. The largest absolute Gasteiger partial charge is 0.465 e. The van der Waals surface area contributed by atoms with Crippen LogP contribution in [0.5, 0.6) is 0 Å². The van der Waals surface area contributed by atoms with Crippen molar-refractivity contribution in [3.05, 3.63) is 95.1 Å². The van der Waals surface area contributed by atoms with Crippen LogP contribution in [0.2, 0.25) is 5.02 Å². The molecule has 32 heavy (non-hydrogen) atoms. The summed E-state index contributed by atoms with van der Waals surface area (Å²) in [6.45, 7) is 0. The molecular formula is C23H17ClN2O5S. The SMILES string of the molecule is COC(=O)c1cn(C(=O)c2ccc(Cl)c(S(=O)(=O)Nc3ccccc3)c2)c2ccccc12. The molecule has 4 rings (SSSR count). The van der Waals surface area contributed by atoms with E-state index in [2.05, 4.69) is 4.72 Å². The van der Waals surface area contributed by atoms with Gasteiger partial charge in [0.2, 0.25) is 0 Å². The Morgan fingerprint density at radius 2 is 1.66 bits per heavy atom. The zero-order chi connectivity index (χ0) is 22.9. The highest BCUT2D eigenvalue weighted by molar-refractivity contribution is 7.92. The molecule has 1 aromatic heterocycles. The Balaban J connectivity index is 1.78. The zero-order valence-electron chi connectivity index (χ0n) is 16.8. The Kier molecular flexibility index (Phi) is 5.73. The first-order valence-corrected chi connectivity index (χ1v) is 11.3. The number of fused-ring (bicyclic) bond motifs is 1. The van der Waals surface area contributed by atoms with Gasteiger partial charge < -0.3 is 4.74 Å². The van der Waals surface area contributed by atoms with Crippen LogP contribution in [0.1, 0.15) is 20.7 Å². The molecule has 0 fully saturated rings. The van der Waals surface area contributed by atoms with Crippen molar-refractivity contribution in [1.82, 2.24) is 4.57 Å². The summed E-state index contributed by atoms with van der Waals surface area (Å²) in [4.78, 5) is 25.2. The molecule has 0 radical (unpaired) electrons. The summed E-state index contributed by atoms with van der Waals surface area (Å²) in [7, 11) is -2.80. The number of carbonyl (C=O) groups excluding carboxylic acids is 2. The van der Waals surface area contributed by atoms with Crippen molar-refractivity contribution < 1.29 is 22.7 Å². The number of esters is 1. The fourth-order valence-electron chi connectivity index (χ4n) is 3.32. The number of hydrogen-bond donors (Lipinski definition) is 1. The van der Waals surface area contributed by atoms with E-state index in [4.69, 9.17) is 16.3 Å². The van der Waals surface area contributed by atoms with Crippen molar-refractivity contribution >= 4 is 50.1 Å². The second kappa shape index (κ2) is 8.49. The predicted molar refractivity (Wildman–Crippen MR) is 122 cm³/mol. The lowest BCUT2D eigenvalue weighted by Gasteiger charge is -2.11. The number of anilines is 1. The van der Waals surface area contributed by atoms with Crippen LogP contribution in [0, 0.1) is 0 Å². The van der Waals surface area contributed by atoms with Gasteiger partial charge in [0, 0.05) is 22.8 Å². The minimum absolute atomic E-state index is 0.0300. The molecule has 0 unspecified atom stereocenters. The van der Waals surface area contributed by atoms with Gasteiger partial charge in [-0.3, -0.25) is 14.1 Å². The van der Waals surface area contributed by atoms with Crippen LogP contribution >= 0.6 is 11.6 Å². The van der Waals surface area contributed by atoms with Gasteiger partial charge in [0.1, 0.15) is 4.90 Å². The van der Waals surface area contributed by atoms with E-state index in [-0.39, 0.29) is 21.0 Å². The number of nitrogens with one attached hydrogen (secondary N) is 1. The monoisotopic (exact) mass is 468 g/mol. The Labute approximate surface area is 189 Å². The number of halogens is 1. The third-order valence-electron chi connectivity index (χ3n) is 4.83. The summed E-state index contributed by atoms with van der Waals surface area (Å²) < 4.78 is 34.3. The third-order valence-corrected chi connectivity index (χ3v) is 6.69. The van der Waals surface area contributed by atoms with Gasteiger partial charge in [-0.2, -0.15) is 0 Å². The van der Waals surface area contributed by atoms with Crippen LogP contribution in [-0.2, 0) is 14.8 Å². The number of methoxy groups -OCH3 is 1. The molecule has 0 amide bonds. The number of ether oxygens (including phenoxy) is 1. The number of carbonyl (C=O) groups is 2. The topological polar surface area (TPSA) is 94.5 Å².